The molecule has 1 nitrogen and oxygen atoms in total. The number of benzene rings is 1. The largest absolute Gasteiger partial charge is 0.212 e. The fraction of sp³-hybridized carbons (Fsp3) is 0.267. The van der Waals surface area contributed by atoms with Crippen LogP contribution in [0.2, 0.25) is 0 Å². The molecule has 0 saturated heterocycles. The number of aromatic nitrogens is 1. The van der Waals surface area contributed by atoms with Crippen molar-refractivity contribution in [1.29, 1.82) is 0 Å². The molecule has 2 aromatic rings. The quantitative estimate of drug-likeness (QED) is 0.652. The standard InChI is InChI=1S/C15H18N/c1-11-5-7-13(3)14(9-11)15-8-6-12(2)10-16(15)4/h5-10H,1-4H3/q+1/i2D3,5D,6D,7D,8D,9D,10D. The van der Waals surface area contributed by atoms with E-state index in [-0.39, 0.29) is 40.5 Å². The van der Waals surface area contributed by atoms with Gasteiger partial charge in [-0.2, -0.15) is 0 Å². The maximum Gasteiger partial charge on any atom is 0.212 e. The zero-order valence-electron chi connectivity index (χ0n) is 18.4. The first-order valence-electron chi connectivity index (χ1n) is 9.39. The number of rotatable bonds is 1. The summed E-state index contributed by atoms with van der Waals surface area (Å²) in [7, 11) is 1.40. The van der Waals surface area contributed by atoms with Crippen molar-refractivity contribution in [2.24, 2.45) is 7.05 Å². The van der Waals surface area contributed by atoms with Gasteiger partial charge < -0.3 is 0 Å². The minimum Gasteiger partial charge on any atom is -0.201 e. The molecule has 1 heterocycles. The van der Waals surface area contributed by atoms with Gasteiger partial charge in [0.05, 0.1) is 6.85 Å². The highest BCUT2D eigenvalue weighted by molar-refractivity contribution is 5.61. The van der Waals surface area contributed by atoms with Gasteiger partial charge in [0.25, 0.3) is 0 Å². The monoisotopic (exact) mass is 221 g/mol. The van der Waals surface area contributed by atoms with Crippen LogP contribution < -0.4 is 4.57 Å². The van der Waals surface area contributed by atoms with E-state index >= 15 is 0 Å². The van der Waals surface area contributed by atoms with Crippen molar-refractivity contribution in [2.75, 3.05) is 0 Å². The van der Waals surface area contributed by atoms with Gasteiger partial charge in [-0.15, -0.1) is 0 Å². The molecule has 0 amide bonds. The van der Waals surface area contributed by atoms with Crippen LogP contribution in [0, 0.1) is 20.7 Å². The molecule has 16 heavy (non-hydrogen) atoms. The maximum absolute atomic E-state index is 8.29. The summed E-state index contributed by atoms with van der Waals surface area (Å²) >= 11 is 0. The van der Waals surface area contributed by atoms with E-state index in [4.69, 9.17) is 12.3 Å². The SMILES string of the molecule is [2H]c1c([2H])c(C)c(-c2c([2H])c([2H])c(C([2H])([2H])[2H])c([2H])[n+]2C)c([2H])c1C. The number of hydrogen-bond acceptors (Lipinski definition) is 0. The van der Waals surface area contributed by atoms with Crippen molar-refractivity contribution < 1.29 is 16.9 Å². The van der Waals surface area contributed by atoms with Gasteiger partial charge in [0.2, 0.25) is 5.69 Å². The van der Waals surface area contributed by atoms with E-state index in [0.29, 0.717) is 0 Å². The summed E-state index contributed by atoms with van der Waals surface area (Å²) < 4.78 is 72.3. The lowest BCUT2D eigenvalue weighted by molar-refractivity contribution is -0.660. The van der Waals surface area contributed by atoms with E-state index in [1.165, 1.54) is 20.9 Å². The van der Waals surface area contributed by atoms with Crippen molar-refractivity contribution in [3.63, 3.8) is 0 Å². The molecule has 0 unspecified atom stereocenters. The molecule has 0 fully saturated rings. The van der Waals surface area contributed by atoms with Gasteiger partial charge in [0, 0.05) is 21.3 Å². The van der Waals surface area contributed by atoms with E-state index < -0.39 is 30.7 Å². The minimum absolute atomic E-state index is 0.0297. The molecule has 1 aromatic carbocycles. The molecule has 0 saturated carbocycles. The zero-order chi connectivity index (χ0) is 19.4. The van der Waals surface area contributed by atoms with Crippen LogP contribution in [-0.2, 0) is 7.05 Å². The number of nitrogens with zero attached hydrogens (tertiary/aromatic N) is 1. The minimum atomic E-state index is -2.71. The molecule has 82 valence electrons. The predicted octanol–water partition coefficient (Wildman–Crippen LogP) is 3.10. The third-order valence-electron chi connectivity index (χ3n) is 2.28. The summed E-state index contributed by atoms with van der Waals surface area (Å²) in [5, 5.41) is 0. The molecular formula is C15H18N+. The highest BCUT2D eigenvalue weighted by atomic mass is 14.9. The second kappa shape index (κ2) is 4.09. The van der Waals surface area contributed by atoms with E-state index in [1.54, 1.807) is 0 Å². The fourth-order valence-corrected chi connectivity index (χ4v) is 1.49. The zero-order valence-corrected chi connectivity index (χ0v) is 9.45. The summed E-state index contributed by atoms with van der Waals surface area (Å²) in [5.41, 5.74) is 0.216. The third-order valence-corrected chi connectivity index (χ3v) is 2.28. The van der Waals surface area contributed by atoms with Crippen molar-refractivity contribution in [2.45, 2.75) is 20.7 Å². The molecule has 1 heteroatoms. The Hall–Kier alpha value is -1.63. The fourth-order valence-electron chi connectivity index (χ4n) is 1.49. The lowest BCUT2D eigenvalue weighted by Crippen LogP contribution is -2.31. The van der Waals surface area contributed by atoms with Crippen molar-refractivity contribution in [3.8, 4) is 11.3 Å². The maximum atomic E-state index is 8.29. The van der Waals surface area contributed by atoms with Crippen LogP contribution in [0.1, 0.15) is 29.0 Å². The van der Waals surface area contributed by atoms with Gasteiger partial charge in [-0.25, -0.2) is 4.57 Å². The first kappa shape index (κ1) is 4.33. The second-order valence-corrected chi connectivity index (χ2v) is 3.64. The summed E-state index contributed by atoms with van der Waals surface area (Å²) in [5.74, 6) is 0. The van der Waals surface area contributed by atoms with Gasteiger partial charge in [-0.3, -0.25) is 0 Å². The van der Waals surface area contributed by atoms with Crippen molar-refractivity contribution in [1.82, 2.24) is 0 Å². The van der Waals surface area contributed by atoms with Gasteiger partial charge in [0.15, 0.2) is 6.17 Å². The summed E-state index contributed by atoms with van der Waals surface area (Å²) in [6, 6.07) is -1.26. The number of pyridine rings is 1. The van der Waals surface area contributed by atoms with Crippen LogP contribution in [0.5, 0.6) is 0 Å². The van der Waals surface area contributed by atoms with Crippen LogP contribution >= 0.6 is 0 Å². The summed E-state index contributed by atoms with van der Waals surface area (Å²) in [4.78, 5) is 0. The van der Waals surface area contributed by atoms with Gasteiger partial charge in [0.1, 0.15) is 8.42 Å². The molecule has 2 rings (SSSR count). The average molecular weight is 221 g/mol. The van der Waals surface area contributed by atoms with Crippen LogP contribution in [0.3, 0.4) is 0 Å². The molecule has 0 aliphatic rings. The van der Waals surface area contributed by atoms with Crippen LogP contribution in [0.15, 0.2) is 36.4 Å². The van der Waals surface area contributed by atoms with Crippen molar-refractivity contribution in [3.05, 3.63) is 53.1 Å². The molecule has 0 bridgehead atoms. The lowest BCUT2D eigenvalue weighted by atomic mass is 10.0. The van der Waals surface area contributed by atoms with E-state index in [1.807, 2.05) is 0 Å². The average Bonchev–Trinajstić information content (AvgIpc) is 2.51. The summed E-state index contributed by atoms with van der Waals surface area (Å²) in [6.07, 6.45) is -0.436. The molecule has 0 N–H and O–H groups in total. The van der Waals surface area contributed by atoms with Gasteiger partial charge in [-0.1, -0.05) is 17.6 Å². The van der Waals surface area contributed by atoms with E-state index in [9.17, 15) is 0 Å². The Kier molecular flexibility index (Phi) is 1.11. The molecule has 0 aliphatic heterocycles. The van der Waals surface area contributed by atoms with E-state index in [2.05, 4.69) is 0 Å². The Morgan fingerprint density at radius 3 is 2.62 bits per heavy atom. The molecule has 0 spiro atoms. The Labute approximate surface area is 110 Å². The normalized spacial score (nSPS) is 19.3. The van der Waals surface area contributed by atoms with Crippen LogP contribution in [-0.4, -0.2) is 0 Å². The van der Waals surface area contributed by atoms with Gasteiger partial charge >= 0.3 is 0 Å². The van der Waals surface area contributed by atoms with Gasteiger partial charge in [-0.05, 0) is 38.3 Å². The first-order valence-corrected chi connectivity index (χ1v) is 4.89. The molecule has 0 aliphatic carbocycles. The summed E-state index contributed by atoms with van der Waals surface area (Å²) in [6.45, 7) is 0.355. The third kappa shape index (κ3) is 1.99. The van der Waals surface area contributed by atoms with E-state index in [0.717, 1.165) is 4.57 Å². The molecule has 1 aromatic heterocycles. The highest BCUT2D eigenvalue weighted by Crippen LogP contribution is 2.21. The predicted molar refractivity (Wildman–Crippen MR) is 67.3 cm³/mol. The Morgan fingerprint density at radius 1 is 1.12 bits per heavy atom. The highest BCUT2D eigenvalue weighted by Gasteiger charge is 2.11. The molecule has 0 atom stereocenters. The Bertz CT molecular complexity index is 826. The molecule has 0 radical (unpaired) electrons. The van der Waals surface area contributed by atoms with Crippen molar-refractivity contribution >= 4 is 0 Å². The topological polar surface area (TPSA) is 3.88 Å². The smallest absolute Gasteiger partial charge is 0.201 e. The number of hydrogen-bond donors (Lipinski definition) is 0. The first-order chi connectivity index (χ1) is 11.3. The molecular weight excluding hydrogens is 194 g/mol. The van der Waals surface area contributed by atoms with Crippen LogP contribution in [0.25, 0.3) is 11.3 Å². The second-order valence-electron chi connectivity index (χ2n) is 3.64. The Balaban J connectivity index is 3.03. The lowest BCUT2D eigenvalue weighted by Gasteiger charge is -2.05. The Morgan fingerprint density at radius 2 is 1.88 bits per heavy atom. The van der Waals surface area contributed by atoms with Crippen LogP contribution in [0.4, 0.5) is 0 Å².